The lowest BCUT2D eigenvalue weighted by atomic mass is 9.65. The number of phenols is 2. The van der Waals surface area contributed by atoms with Gasteiger partial charge in [-0.25, -0.2) is 0 Å². The number of rotatable bonds is 10. The quantitative estimate of drug-likeness (QED) is 0.0322. The number of ether oxygens (including phenoxy) is 5. The molecule has 86 heavy (non-hydrogen) atoms. The van der Waals surface area contributed by atoms with Crippen molar-refractivity contribution in [3.05, 3.63) is 128 Å². The highest BCUT2D eigenvalue weighted by Crippen LogP contribution is 2.64. The number of nitrogens with one attached hydrogen (secondary N) is 3. The standard InChI is InChI=1S/C70H80N4O10S2/c1-4-43-27-46-24-41-22-23-70(30-41)31-47-28-50(78)29-58(82-38-76)60(47)52-18-17-51-55(36-81-39(2)77)65(83-66(51)63(52)70)62-53-19-21-57-68(59(26-40-10-6-5-7-11-40)86-85-37-42-12-8-15-49(25-42)73-57)84-67(53)64(79)54-33-72-32-48(34-75)45(35-80-3)14-9-13-44(61(54)62)16-20-56(46)74-69(43)71/h5-7,10-11,17-19,21,27-29,41-42,44-45,48-49,55,57,59,65,68-69,72-76,78-79H,4,8,12,14-15,22-26,30-38,71H2,1-3H3. The number of methoxy groups -OCH3 is 1. The molecule has 2 saturated carbocycles. The van der Waals surface area contributed by atoms with Crippen molar-refractivity contribution in [2.75, 3.05) is 46.0 Å². The summed E-state index contributed by atoms with van der Waals surface area (Å²) in [5, 5.41) is 57.9. The molecule has 0 radical (unpaired) electrons. The Hall–Kier alpha value is -6.05. The number of carbonyl (C=O) groups excluding carboxylic acids is 1. The molecule has 14 nitrogen and oxygen atoms in total. The third-order valence-corrected chi connectivity index (χ3v) is 23.0. The summed E-state index contributed by atoms with van der Waals surface area (Å²) in [6.45, 7) is 3.80. The summed E-state index contributed by atoms with van der Waals surface area (Å²) < 4.78 is 33.7. The molecule has 452 valence electrons. The monoisotopic (exact) mass is 1200 g/mol. The molecule has 3 aliphatic carbocycles. The highest BCUT2D eigenvalue weighted by molar-refractivity contribution is 8.77. The number of hydrogen-bond acceptors (Lipinski definition) is 16. The van der Waals surface area contributed by atoms with Crippen LogP contribution in [0.2, 0.25) is 0 Å². The van der Waals surface area contributed by atoms with Crippen LogP contribution >= 0.6 is 21.6 Å². The molecule has 13 atom stereocenters. The number of carbonyl (C=O) groups is 1. The molecule has 9 aliphatic rings. The Balaban J connectivity index is 1.11. The van der Waals surface area contributed by atoms with Crippen LogP contribution in [0.25, 0.3) is 17.2 Å². The number of dihydropyridines is 1. The third-order valence-electron chi connectivity index (χ3n) is 20.0. The van der Waals surface area contributed by atoms with Gasteiger partial charge < -0.3 is 65.8 Å². The maximum absolute atomic E-state index is 13.7. The number of allylic oxidation sites excluding steroid dienone is 3. The van der Waals surface area contributed by atoms with Gasteiger partial charge in [0.05, 0.1) is 35.7 Å². The van der Waals surface area contributed by atoms with E-state index in [1.807, 2.05) is 27.7 Å². The highest BCUT2D eigenvalue weighted by Gasteiger charge is 2.52. The first-order valence-electron chi connectivity index (χ1n) is 31.1. The van der Waals surface area contributed by atoms with E-state index in [1.54, 1.807) is 13.2 Å². The van der Waals surface area contributed by atoms with Crippen LogP contribution in [0.5, 0.6) is 28.7 Å². The van der Waals surface area contributed by atoms with Crippen LogP contribution in [0.4, 0.5) is 0 Å². The van der Waals surface area contributed by atoms with Crippen LogP contribution in [0.1, 0.15) is 141 Å². The molecular formula is C70H80N4O10S2. The maximum Gasteiger partial charge on any atom is 0.302 e. The molecule has 16 heteroatoms. The Morgan fingerprint density at radius 2 is 1.86 bits per heavy atom. The lowest BCUT2D eigenvalue weighted by Crippen LogP contribution is -2.52. The molecule has 6 heterocycles. The first-order valence-corrected chi connectivity index (χ1v) is 33.5. The van der Waals surface area contributed by atoms with Crippen LogP contribution in [0.3, 0.4) is 0 Å². The van der Waals surface area contributed by atoms with Crippen LogP contribution in [0, 0.1) is 47.4 Å². The van der Waals surface area contributed by atoms with Gasteiger partial charge in [-0.3, -0.25) is 4.79 Å². The van der Waals surface area contributed by atoms with Crippen molar-refractivity contribution >= 4 is 33.6 Å². The number of phenolic OH excluding ortho intramolecular Hbond substituents is 2. The molecule has 4 aromatic carbocycles. The molecule has 9 N–H and O–H groups in total. The Bertz CT molecular complexity index is 3490. The number of fused-ring (bicyclic) bond motifs is 10. The van der Waals surface area contributed by atoms with Crippen LogP contribution in [-0.2, 0) is 39.1 Å². The molecule has 6 aliphatic heterocycles. The van der Waals surface area contributed by atoms with Gasteiger partial charge in [0, 0.05) is 103 Å². The van der Waals surface area contributed by atoms with E-state index in [0.717, 1.165) is 114 Å². The van der Waals surface area contributed by atoms with Gasteiger partial charge in [0.2, 0.25) is 0 Å². The summed E-state index contributed by atoms with van der Waals surface area (Å²) in [6, 6.07) is 18.2. The Morgan fingerprint density at radius 3 is 2.67 bits per heavy atom. The smallest absolute Gasteiger partial charge is 0.302 e. The predicted molar refractivity (Wildman–Crippen MR) is 337 cm³/mol. The molecule has 3 fully saturated rings. The molecule has 1 saturated heterocycles. The normalized spacial score (nSPS) is 30.4. The summed E-state index contributed by atoms with van der Waals surface area (Å²) in [4.78, 5) is 13.3. The lowest BCUT2D eigenvalue weighted by molar-refractivity contribution is -0.141. The highest BCUT2D eigenvalue weighted by atomic mass is 33.1. The van der Waals surface area contributed by atoms with Crippen molar-refractivity contribution in [3.63, 3.8) is 0 Å². The molecule has 0 aromatic heterocycles. The van der Waals surface area contributed by atoms with Gasteiger partial charge in [0.15, 0.2) is 18.3 Å². The second-order valence-electron chi connectivity index (χ2n) is 25.4. The minimum atomic E-state index is -0.858. The fourth-order valence-corrected chi connectivity index (χ4v) is 19.2. The zero-order valence-corrected chi connectivity index (χ0v) is 51.1. The summed E-state index contributed by atoms with van der Waals surface area (Å²) >= 11 is 0. The zero-order valence-electron chi connectivity index (χ0n) is 49.4. The van der Waals surface area contributed by atoms with E-state index in [-0.39, 0.29) is 66.3 Å². The second-order valence-corrected chi connectivity index (χ2v) is 28.0. The van der Waals surface area contributed by atoms with Gasteiger partial charge in [-0.1, -0.05) is 107 Å². The number of hydrogen-bond donors (Lipinski definition) is 8. The van der Waals surface area contributed by atoms with Gasteiger partial charge >= 0.3 is 5.97 Å². The first kappa shape index (κ1) is 58.9. The average Bonchev–Trinajstić information content (AvgIpc) is 1.46. The topological polar surface area (TPSA) is 206 Å². The van der Waals surface area contributed by atoms with Gasteiger partial charge in [-0.15, -0.1) is 5.92 Å². The largest absolute Gasteiger partial charge is 0.508 e. The van der Waals surface area contributed by atoms with E-state index in [4.69, 9.17) is 29.4 Å². The Kier molecular flexibility index (Phi) is 17.3. The van der Waals surface area contributed by atoms with Crippen molar-refractivity contribution in [3.8, 4) is 63.6 Å². The average molecular weight is 1200 g/mol. The van der Waals surface area contributed by atoms with Crippen LogP contribution < -0.4 is 35.9 Å². The van der Waals surface area contributed by atoms with Crippen molar-refractivity contribution < 1.29 is 48.9 Å². The lowest BCUT2D eigenvalue weighted by Gasteiger charge is -2.39. The van der Waals surface area contributed by atoms with Crippen molar-refractivity contribution in [1.82, 2.24) is 16.0 Å². The minimum Gasteiger partial charge on any atom is -0.508 e. The number of aliphatic hydroxyl groups excluding tert-OH is 2. The third kappa shape index (κ3) is 11.3. The molecule has 4 aromatic rings. The molecule has 13 unspecified atom stereocenters. The predicted octanol–water partition coefficient (Wildman–Crippen LogP) is 10.1. The van der Waals surface area contributed by atoms with E-state index < -0.39 is 48.4 Å². The van der Waals surface area contributed by atoms with E-state index in [9.17, 15) is 25.2 Å². The maximum atomic E-state index is 13.7. The summed E-state index contributed by atoms with van der Waals surface area (Å²) in [7, 11) is 5.50. The zero-order chi connectivity index (χ0) is 59.2. The molecule has 6 bridgehead atoms. The molecule has 1 spiro atoms. The van der Waals surface area contributed by atoms with Gasteiger partial charge in [0.25, 0.3) is 0 Å². The number of benzene rings is 4. The summed E-state index contributed by atoms with van der Waals surface area (Å²) in [5.74, 6) is 15.8. The van der Waals surface area contributed by atoms with Gasteiger partial charge in [-0.2, -0.15) is 0 Å². The first-order chi connectivity index (χ1) is 41.9. The van der Waals surface area contributed by atoms with Gasteiger partial charge in [-0.05, 0) is 127 Å². The number of aliphatic hydroxyl groups is 2. The Labute approximate surface area is 513 Å². The molecule has 13 rings (SSSR count). The summed E-state index contributed by atoms with van der Waals surface area (Å²) in [6.07, 6.45) is 15.1. The number of nitrogens with two attached hydrogens (primary N) is 1. The second kappa shape index (κ2) is 25.2. The number of aromatic hydroxyl groups is 2. The van der Waals surface area contributed by atoms with E-state index in [2.05, 4.69) is 107 Å². The Morgan fingerprint density at radius 1 is 0.988 bits per heavy atom. The van der Waals surface area contributed by atoms with Crippen molar-refractivity contribution in [2.24, 2.45) is 29.4 Å². The van der Waals surface area contributed by atoms with E-state index in [0.29, 0.717) is 65.9 Å². The van der Waals surface area contributed by atoms with E-state index in [1.165, 1.54) is 18.9 Å². The fourth-order valence-electron chi connectivity index (χ4n) is 15.9. The van der Waals surface area contributed by atoms with Crippen molar-refractivity contribution in [2.45, 2.75) is 150 Å². The van der Waals surface area contributed by atoms with E-state index >= 15 is 0 Å². The SMILES string of the molecule is CCC1=CC2=C(C#CC3C#CCC(COC)C(CO)CNCc4c(O)c5c(c(c43)C3Oc4c(ccc6c4C4(CCC(C2)C4)Cc2cc(O)cc(OCO)c2-6)C3COC(C)=O)C=CC2NC3CCCC(CSSC(Cc4ccccc4)C2O5)C3)NC1N. The van der Waals surface area contributed by atoms with Crippen LogP contribution in [-0.4, -0.2) is 102 Å². The summed E-state index contributed by atoms with van der Waals surface area (Å²) in [5.41, 5.74) is 17.7. The number of esters is 1. The fraction of sp³-hybridized carbons (Fsp3) is 0.500. The van der Waals surface area contributed by atoms with Crippen molar-refractivity contribution in [1.29, 1.82) is 0 Å². The minimum absolute atomic E-state index is 0.0209. The van der Waals surface area contributed by atoms with Gasteiger partial charge in [0.1, 0.15) is 42.0 Å². The van der Waals surface area contributed by atoms with Crippen LogP contribution in [0.15, 0.2) is 83.6 Å². The molecule has 0 amide bonds. The molecular weight excluding hydrogens is 1120 g/mol.